The molecule has 2 N–H and O–H groups in total. The van der Waals surface area contributed by atoms with Gasteiger partial charge in [-0.2, -0.15) is 0 Å². The number of carbonyl (C=O) groups is 1. The fourth-order valence-electron chi connectivity index (χ4n) is 3.61. The van der Waals surface area contributed by atoms with Gasteiger partial charge in [0.1, 0.15) is 0 Å². The van der Waals surface area contributed by atoms with E-state index in [9.17, 15) is 4.79 Å². The number of rotatable bonds is 4. The van der Waals surface area contributed by atoms with Crippen LogP contribution in [0.25, 0.3) is 0 Å². The molecule has 6 heteroatoms. The summed E-state index contributed by atoms with van der Waals surface area (Å²) in [7, 11) is 0. The number of nitrogens with zero attached hydrogens (tertiary/aromatic N) is 2. The number of amides is 1. The van der Waals surface area contributed by atoms with Crippen LogP contribution in [0.3, 0.4) is 0 Å². The standard InChI is InChI=1S/C14H22N4OS/c1-3-12-11-5-15-4-10(11)6-18(12)7-13(19)17-14-16-9(2)8-20-14/h8,10-12,15H,3-7H2,1-2H3,(H,16,17,19). The van der Waals surface area contributed by atoms with Crippen molar-refractivity contribution in [1.29, 1.82) is 0 Å². The first-order valence-electron chi connectivity index (χ1n) is 7.34. The average molecular weight is 294 g/mol. The molecule has 110 valence electrons. The third-order valence-corrected chi connectivity index (χ3v) is 5.33. The minimum atomic E-state index is 0.0609. The van der Waals surface area contributed by atoms with Crippen molar-refractivity contribution in [2.24, 2.45) is 11.8 Å². The van der Waals surface area contributed by atoms with Crippen LogP contribution in [0, 0.1) is 18.8 Å². The number of likely N-dealkylation sites (tertiary alicyclic amines) is 1. The van der Waals surface area contributed by atoms with Gasteiger partial charge in [0, 0.05) is 18.0 Å². The highest BCUT2D eigenvalue weighted by molar-refractivity contribution is 7.13. The van der Waals surface area contributed by atoms with Crippen LogP contribution in [0.1, 0.15) is 19.0 Å². The van der Waals surface area contributed by atoms with Crippen LogP contribution in [0.5, 0.6) is 0 Å². The number of anilines is 1. The van der Waals surface area contributed by atoms with Gasteiger partial charge in [-0.25, -0.2) is 4.98 Å². The van der Waals surface area contributed by atoms with E-state index in [2.05, 4.69) is 27.4 Å². The van der Waals surface area contributed by atoms with Gasteiger partial charge in [0.15, 0.2) is 5.13 Å². The zero-order valence-corrected chi connectivity index (χ0v) is 12.9. The Bertz CT molecular complexity index is 489. The molecule has 3 rings (SSSR count). The third-order valence-electron chi connectivity index (χ3n) is 4.45. The van der Waals surface area contributed by atoms with E-state index in [0.29, 0.717) is 17.7 Å². The Morgan fingerprint density at radius 3 is 3.15 bits per heavy atom. The summed E-state index contributed by atoms with van der Waals surface area (Å²) < 4.78 is 0. The van der Waals surface area contributed by atoms with Crippen LogP contribution in [0.2, 0.25) is 0 Å². The van der Waals surface area contributed by atoms with Gasteiger partial charge in [-0.15, -0.1) is 11.3 Å². The second-order valence-electron chi connectivity index (χ2n) is 5.83. The molecule has 0 spiro atoms. The molecule has 0 aromatic carbocycles. The van der Waals surface area contributed by atoms with Crippen LogP contribution < -0.4 is 10.6 Å². The minimum absolute atomic E-state index is 0.0609. The van der Waals surface area contributed by atoms with Crippen molar-refractivity contribution in [3.05, 3.63) is 11.1 Å². The average Bonchev–Trinajstić information content (AvgIpc) is 3.05. The molecule has 0 aliphatic carbocycles. The Hall–Kier alpha value is -0.980. The molecule has 2 aliphatic heterocycles. The number of aryl methyl sites for hydroxylation is 1. The maximum absolute atomic E-state index is 12.2. The SMILES string of the molecule is CCC1C2CNCC2CN1CC(=O)Nc1nc(C)cs1. The van der Waals surface area contributed by atoms with Crippen molar-refractivity contribution in [2.75, 3.05) is 31.5 Å². The Kier molecular flexibility index (Phi) is 4.05. The Labute approximate surface area is 123 Å². The number of aromatic nitrogens is 1. The van der Waals surface area contributed by atoms with Crippen LogP contribution >= 0.6 is 11.3 Å². The van der Waals surface area contributed by atoms with Crippen molar-refractivity contribution in [3.63, 3.8) is 0 Å². The fraction of sp³-hybridized carbons (Fsp3) is 0.714. The molecular weight excluding hydrogens is 272 g/mol. The molecule has 3 heterocycles. The Morgan fingerprint density at radius 2 is 2.45 bits per heavy atom. The zero-order chi connectivity index (χ0) is 14.1. The molecule has 0 radical (unpaired) electrons. The lowest BCUT2D eigenvalue weighted by molar-refractivity contribution is -0.117. The van der Waals surface area contributed by atoms with E-state index in [1.807, 2.05) is 12.3 Å². The molecule has 5 nitrogen and oxygen atoms in total. The summed E-state index contributed by atoms with van der Waals surface area (Å²) in [5, 5.41) is 9.05. The molecule has 2 saturated heterocycles. The first-order valence-corrected chi connectivity index (χ1v) is 8.22. The fourth-order valence-corrected chi connectivity index (χ4v) is 4.31. The molecule has 3 unspecified atom stereocenters. The van der Waals surface area contributed by atoms with Crippen molar-refractivity contribution < 1.29 is 4.79 Å². The zero-order valence-electron chi connectivity index (χ0n) is 12.1. The van der Waals surface area contributed by atoms with E-state index in [0.717, 1.165) is 43.6 Å². The summed E-state index contributed by atoms with van der Waals surface area (Å²) in [6, 6.07) is 0.541. The van der Waals surface area contributed by atoms with Crippen molar-refractivity contribution in [1.82, 2.24) is 15.2 Å². The normalized spacial score (nSPS) is 29.6. The quantitative estimate of drug-likeness (QED) is 0.879. The topological polar surface area (TPSA) is 57.3 Å². The number of thiazole rings is 1. The second kappa shape index (κ2) is 5.79. The van der Waals surface area contributed by atoms with Crippen molar-refractivity contribution >= 4 is 22.4 Å². The molecule has 3 atom stereocenters. The molecule has 0 bridgehead atoms. The number of hydrogen-bond acceptors (Lipinski definition) is 5. The van der Waals surface area contributed by atoms with Gasteiger partial charge in [0.2, 0.25) is 5.91 Å². The maximum Gasteiger partial charge on any atom is 0.240 e. The van der Waals surface area contributed by atoms with Gasteiger partial charge < -0.3 is 10.6 Å². The van der Waals surface area contributed by atoms with Gasteiger partial charge in [-0.05, 0) is 38.3 Å². The van der Waals surface area contributed by atoms with Crippen LogP contribution in [0.15, 0.2) is 5.38 Å². The molecule has 2 aliphatic rings. The van der Waals surface area contributed by atoms with Gasteiger partial charge in [-0.3, -0.25) is 9.69 Å². The predicted molar refractivity (Wildman–Crippen MR) is 81.0 cm³/mol. The number of fused-ring (bicyclic) bond motifs is 1. The maximum atomic E-state index is 12.2. The molecule has 2 fully saturated rings. The van der Waals surface area contributed by atoms with Crippen molar-refractivity contribution in [3.8, 4) is 0 Å². The highest BCUT2D eigenvalue weighted by Crippen LogP contribution is 2.33. The van der Waals surface area contributed by atoms with Gasteiger partial charge >= 0.3 is 0 Å². The monoisotopic (exact) mass is 294 g/mol. The largest absolute Gasteiger partial charge is 0.316 e. The van der Waals surface area contributed by atoms with E-state index in [-0.39, 0.29) is 5.91 Å². The second-order valence-corrected chi connectivity index (χ2v) is 6.69. The minimum Gasteiger partial charge on any atom is -0.316 e. The summed E-state index contributed by atoms with van der Waals surface area (Å²) in [5.74, 6) is 1.50. The summed E-state index contributed by atoms with van der Waals surface area (Å²) in [4.78, 5) is 18.8. The first kappa shape index (κ1) is 14.0. The lowest BCUT2D eigenvalue weighted by Gasteiger charge is -2.25. The number of nitrogens with one attached hydrogen (secondary N) is 2. The molecule has 0 saturated carbocycles. The molecule has 1 aromatic heterocycles. The van der Waals surface area contributed by atoms with E-state index in [4.69, 9.17) is 0 Å². The smallest absolute Gasteiger partial charge is 0.240 e. The van der Waals surface area contributed by atoms with Crippen molar-refractivity contribution in [2.45, 2.75) is 26.3 Å². The van der Waals surface area contributed by atoms with Gasteiger partial charge in [-0.1, -0.05) is 6.92 Å². The highest BCUT2D eigenvalue weighted by Gasteiger charge is 2.43. The van der Waals surface area contributed by atoms with E-state index >= 15 is 0 Å². The predicted octanol–water partition coefficient (Wildman–Crippen LogP) is 1.32. The van der Waals surface area contributed by atoms with Gasteiger partial charge in [0.25, 0.3) is 0 Å². The van der Waals surface area contributed by atoms with E-state index in [1.165, 1.54) is 11.3 Å². The molecule has 1 amide bonds. The lowest BCUT2D eigenvalue weighted by atomic mass is 9.93. The summed E-state index contributed by atoms with van der Waals surface area (Å²) in [6.07, 6.45) is 1.12. The van der Waals surface area contributed by atoms with Crippen LogP contribution in [-0.2, 0) is 4.79 Å². The van der Waals surface area contributed by atoms with E-state index < -0.39 is 0 Å². The molecule has 1 aromatic rings. The summed E-state index contributed by atoms with van der Waals surface area (Å²) >= 11 is 1.49. The Balaban J connectivity index is 1.58. The van der Waals surface area contributed by atoms with E-state index in [1.54, 1.807) is 0 Å². The van der Waals surface area contributed by atoms with Gasteiger partial charge in [0.05, 0.1) is 12.2 Å². The lowest BCUT2D eigenvalue weighted by Crippen LogP contribution is -2.40. The Morgan fingerprint density at radius 1 is 1.60 bits per heavy atom. The summed E-state index contributed by atoms with van der Waals surface area (Å²) in [5.41, 5.74) is 0.957. The van der Waals surface area contributed by atoms with Crippen LogP contribution in [0.4, 0.5) is 5.13 Å². The molecule has 20 heavy (non-hydrogen) atoms. The third kappa shape index (κ3) is 2.73. The number of carbonyl (C=O) groups excluding carboxylic acids is 1. The van der Waals surface area contributed by atoms with Crippen LogP contribution in [-0.4, -0.2) is 48.0 Å². The first-order chi connectivity index (χ1) is 9.67. The summed E-state index contributed by atoms with van der Waals surface area (Å²) in [6.45, 7) is 7.90. The molecular formula is C14H22N4OS. The number of hydrogen-bond donors (Lipinski definition) is 2. The highest BCUT2D eigenvalue weighted by atomic mass is 32.1.